The molecule has 3 heterocycles. The van der Waals surface area contributed by atoms with E-state index in [1.54, 1.807) is 11.3 Å². The van der Waals surface area contributed by atoms with E-state index >= 15 is 0 Å². The molecule has 0 amide bonds. The number of benzene rings is 1. The second kappa shape index (κ2) is 6.86. The minimum atomic E-state index is -0.0404. The summed E-state index contributed by atoms with van der Waals surface area (Å²) in [6.45, 7) is 4.13. The van der Waals surface area contributed by atoms with Gasteiger partial charge in [-0.2, -0.15) is 0 Å². The van der Waals surface area contributed by atoms with Crippen LogP contribution in [0.25, 0.3) is 21.7 Å². The first-order chi connectivity index (χ1) is 13.6. The zero-order chi connectivity index (χ0) is 19.3. The van der Waals surface area contributed by atoms with E-state index in [0.29, 0.717) is 22.7 Å². The number of thioether (sulfide) groups is 1. The van der Waals surface area contributed by atoms with Crippen molar-refractivity contribution in [3.05, 3.63) is 55.9 Å². The van der Waals surface area contributed by atoms with Crippen LogP contribution in [0.3, 0.4) is 0 Å². The Kier molecular flexibility index (Phi) is 4.32. The predicted octanol–water partition coefficient (Wildman–Crippen LogP) is 4.43. The standard InChI is InChI=1S/C20H18N4O2S2/c1-10-6-7-12(8-11(10)2)18-23-24-20(26-18)27-9-15-21-17(25)16-13-4-3-5-14(13)28-19(16)22-15/h6-8H,3-5,9H2,1-2H3,(H,21,22,25). The van der Waals surface area contributed by atoms with Gasteiger partial charge in [-0.15, -0.1) is 21.5 Å². The maximum absolute atomic E-state index is 12.5. The molecule has 1 N–H and O–H groups in total. The number of aromatic amines is 1. The van der Waals surface area contributed by atoms with Crippen LogP contribution in [0.4, 0.5) is 0 Å². The molecule has 0 bridgehead atoms. The van der Waals surface area contributed by atoms with Crippen molar-refractivity contribution in [2.75, 3.05) is 0 Å². The smallest absolute Gasteiger partial charge is 0.277 e. The molecule has 0 aliphatic heterocycles. The third-order valence-corrected chi connectivity index (χ3v) is 7.13. The normalized spacial score (nSPS) is 13.4. The predicted molar refractivity (Wildman–Crippen MR) is 111 cm³/mol. The molecule has 0 spiro atoms. The quantitative estimate of drug-likeness (QED) is 0.501. The summed E-state index contributed by atoms with van der Waals surface area (Å²) in [5.41, 5.74) is 4.47. The van der Waals surface area contributed by atoms with E-state index in [4.69, 9.17) is 4.42 Å². The third-order valence-electron chi connectivity index (χ3n) is 5.12. The van der Waals surface area contributed by atoms with Crippen LogP contribution in [-0.4, -0.2) is 20.2 Å². The Labute approximate surface area is 169 Å². The Morgan fingerprint density at radius 2 is 2.11 bits per heavy atom. The van der Waals surface area contributed by atoms with Gasteiger partial charge >= 0.3 is 0 Å². The Morgan fingerprint density at radius 1 is 1.21 bits per heavy atom. The van der Waals surface area contributed by atoms with Gasteiger partial charge in [-0.3, -0.25) is 4.79 Å². The molecule has 1 aromatic carbocycles. The van der Waals surface area contributed by atoms with Crippen molar-refractivity contribution >= 4 is 33.3 Å². The molecule has 5 rings (SSSR count). The highest BCUT2D eigenvalue weighted by Gasteiger charge is 2.21. The fourth-order valence-corrected chi connectivity index (χ4v) is 5.42. The molecule has 142 valence electrons. The minimum absolute atomic E-state index is 0.0404. The molecule has 0 fully saturated rings. The van der Waals surface area contributed by atoms with Crippen LogP contribution in [0.1, 0.15) is 33.8 Å². The lowest BCUT2D eigenvalue weighted by Gasteiger charge is -2.01. The van der Waals surface area contributed by atoms with Crippen molar-refractivity contribution in [1.82, 2.24) is 20.2 Å². The summed E-state index contributed by atoms with van der Waals surface area (Å²) in [6, 6.07) is 6.07. The van der Waals surface area contributed by atoms with E-state index in [2.05, 4.69) is 34.0 Å². The highest BCUT2D eigenvalue weighted by atomic mass is 32.2. The Hall–Kier alpha value is -2.45. The number of nitrogens with one attached hydrogen (secondary N) is 1. The number of thiophene rings is 1. The molecular formula is C20H18N4O2S2. The topological polar surface area (TPSA) is 84.7 Å². The summed E-state index contributed by atoms with van der Waals surface area (Å²) < 4.78 is 5.78. The lowest BCUT2D eigenvalue weighted by molar-refractivity contribution is 0.465. The number of aromatic nitrogens is 4. The van der Waals surface area contributed by atoms with E-state index < -0.39 is 0 Å². The maximum Gasteiger partial charge on any atom is 0.277 e. The summed E-state index contributed by atoms with van der Waals surface area (Å²) in [6.07, 6.45) is 3.18. The Bertz CT molecular complexity index is 1260. The van der Waals surface area contributed by atoms with E-state index in [9.17, 15) is 4.79 Å². The van der Waals surface area contributed by atoms with Crippen LogP contribution in [-0.2, 0) is 18.6 Å². The van der Waals surface area contributed by atoms with Gasteiger partial charge in [-0.05, 0) is 61.9 Å². The van der Waals surface area contributed by atoms with Crippen molar-refractivity contribution < 1.29 is 4.42 Å². The van der Waals surface area contributed by atoms with E-state index in [1.165, 1.54) is 33.3 Å². The van der Waals surface area contributed by atoms with Crippen LogP contribution in [0.5, 0.6) is 0 Å². The van der Waals surface area contributed by atoms with E-state index in [0.717, 1.165) is 35.0 Å². The summed E-state index contributed by atoms with van der Waals surface area (Å²) in [5, 5.41) is 9.50. The van der Waals surface area contributed by atoms with E-state index in [1.807, 2.05) is 18.2 Å². The minimum Gasteiger partial charge on any atom is -0.411 e. The second-order valence-corrected chi connectivity index (χ2v) is 9.02. The first-order valence-corrected chi connectivity index (χ1v) is 11.0. The Morgan fingerprint density at radius 3 is 2.96 bits per heavy atom. The van der Waals surface area contributed by atoms with Crippen LogP contribution >= 0.6 is 23.1 Å². The fraction of sp³-hybridized carbons (Fsp3) is 0.300. The highest BCUT2D eigenvalue weighted by molar-refractivity contribution is 7.98. The molecular weight excluding hydrogens is 392 g/mol. The lowest BCUT2D eigenvalue weighted by Crippen LogP contribution is -2.11. The van der Waals surface area contributed by atoms with Gasteiger partial charge in [0.15, 0.2) is 0 Å². The van der Waals surface area contributed by atoms with Crippen LogP contribution in [0.2, 0.25) is 0 Å². The van der Waals surface area contributed by atoms with Crippen molar-refractivity contribution in [1.29, 1.82) is 0 Å². The molecule has 1 aliphatic rings. The second-order valence-electron chi connectivity index (χ2n) is 7.01. The summed E-state index contributed by atoms with van der Waals surface area (Å²) >= 11 is 3.02. The lowest BCUT2D eigenvalue weighted by atomic mass is 10.1. The number of nitrogens with zero attached hydrogens (tertiary/aromatic N) is 3. The fourth-order valence-electron chi connectivity index (χ4n) is 3.50. The largest absolute Gasteiger partial charge is 0.411 e. The molecule has 1 aliphatic carbocycles. The van der Waals surface area contributed by atoms with Crippen LogP contribution in [0.15, 0.2) is 32.6 Å². The molecule has 8 heteroatoms. The number of hydrogen-bond donors (Lipinski definition) is 1. The first kappa shape index (κ1) is 17.6. The van der Waals surface area contributed by atoms with Gasteiger partial charge < -0.3 is 9.40 Å². The number of rotatable bonds is 4. The van der Waals surface area contributed by atoms with Gasteiger partial charge in [0.2, 0.25) is 5.89 Å². The SMILES string of the molecule is Cc1ccc(-c2nnc(SCc3nc4sc5c(c4c(=O)[nH]3)CCC5)o2)cc1C. The summed E-state index contributed by atoms with van der Waals surface area (Å²) in [5.74, 6) is 1.60. The number of aryl methyl sites for hydroxylation is 4. The average molecular weight is 411 g/mol. The molecule has 0 unspecified atom stereocenters. The van der Waals surface area contributed by atoms with Crippen LogP contribution < -0.4 is 5.56 Å². The molecule has 4 aromatic rings. The van der Waals surface area contributed by atoms with Gasteiger partial charge in [0, 0.05) is 10.4 Å². The number of fused-ring (bicyclic) bond motifs is 3. The summed E-state index contributed by atoms with van der Waals surface area (Å²) in [7, 11) is 0. The zero-order valence-electron chi connectivity index (χ0n) is 15.5. The average Bonchev–Trinajstić information content (AvgIpc) is 3.37. The third kappa shape index (κ3) is 3.06. The molecule has 3 aromatic heterocycles. The van der Waals surface area contributed by atoms with Gasteiger partial charge in [0.05, 0.1) is 11.1 Å². The molecule has 0 atom stereocenters. The van der Waals surface area contributed by atoms with Crippen molar-refractivity contribution in [2.45, 2.75) is 44.1 Å². The van der Waals surface area contributed by atoms with Crippen molar-refractivity contribution in [2.24, 2.45) is 0 Å². The molecule has 0 saturated heterocycles. The zero-order valence-corrected chi connectivity index (χ0v) is 17.2. The van der Waals surface area contributed by atoms with Crippen molar-refractivity contribution in [3.8, 4) is 11.5 Å². The van der Waals surface area contributed by atoms with Gasteiger partial charge in [0.1, 0.15) is 10.7 Å². The van der Waals surface area contributed by atoms with Gasteiger partial charge in [-0.25, -0.2) is 4.98 Å². The first-order valence-electron chi connectivity index (χ1n) is 9.16. The van der Waals surface area contributed by atoms with Crippen LogP contribution in [0, 0.1) is 13.8 Å². The molecule has 6 nitrogen and oxygen atoms in total. The maximum atomic E-state index is 12.5. The van der Waals surface area contributed by atoms with Gasteiger partial charge in [-0.1, -0.05) is 17.8 Å². The number of hydrogen-bond acceptors (Lipinski definition) is 7. The summed E-state index contributed by atoms with van der Waals surface area (Å²) in [4.78, 5) is 22.3. The van der Waals surface area contributed by atoms with E-state index in [-0.39, 0.29) is 5.56 Å². The highest BCUT2D eigenvalue weighted by Crippen LogP contribution is 2.35. The van der Waals surface area contributed by atoms with Gasteiger partial charge in [0.25, 0.3) is 10.8 Å². The Balaban J connectivity index is 1.36. The molecule has 28 heavy (non-hydrogen) atoms. The molecule has 0 saturated carbocycles. The molecule has 0 radical (unpaired) electrons. The monoisotopic (exact) mass is 410 g/mol. The number of H-pyrrole nitrogens is 1. The van der Waals surface area contributed by atoms with Crippen molar-refractivity contribution in [3.63, 3.8) is 0 Å².